The summed E-state index contributed by atoms with van der Waals surface area (Å²) >= 11 is 0. The van der Waals surface area contributed by atoms with E-state index in [0.29, 0.717) is 18.1 Å². The maximum atomic E-state index is 12.4. The van der Waals surface area contributed by atoms with Crippen LogP contribution in [-0.4, -0.2) is 15.0 Å². The highest BCUT2D eigenvalue weighted by Crippen LogP contribution is 2.35. The zero-order chi connectivity index (χ0) is 14.8. The van der Waals surface area contributed by atoms with Crippen molar-refractivity contribution in [1.82, 2.24) is 4.72 Å². The molecule has 0 spiro atoms. The van der Waals surface area contributed by atoms with Gasteiger partial charge in [0.2, 0.25) is 10.0 Å². The van der Waals surface area contributed by atoms with E-state index in [1.54, 1.807) is 6.92 Å². The van der Waals surface area contributed by atoms with Crippen LogP contribution in [0.4, 0.5) is 0 Å². The first-order chi connectivity index (χ1) is 9.36. The summed E-state index contributed by atoms with van der Waals surface area (Å²) < 4.78 is 32.8. The van der Waals surface area contributed by atoms with Gasteiger partial charge in [-0.05, 0) is 25.2 Å². The second kappa shape index (κ2) is 5.87. The summed E-state index contributed by atoms with van der Waals surface area (Å²) in [6.45, 7) is 4.49. The molecule has 3 N–H and O–H groups in total. The molecule has 5 nitrogen and oxygen atoms in total. The van der Waals surface area contributed by atoms with Gasteiger partial charge >= 0.3 is 0 Å². The van der Waals surface area contributed by atoms with Gasteiger partial charge in [0.1, 0.15) is 16.4 Å². The molecule has 1 heterocycles. The van der Waals surface area contributed by atoms with Crippen molar-refractivity contribution in [1.29, 1.82) is 0 Å². The van der Waals surface area contributed by atoms with Crippen molar-refractivity contribution in [3.8, 4) is 0 Å². The van der Waals surface area contributed by atoms with Crippen LogP contribution in [-0.2, 0) is 16.6 Å². The summed E-state index contributed by atoms with van der Waals surface area (Å²) in [6.07, 6.45) is 5.77. The van der Waals surface area contributed by atoms with Gasteiger partial charge in [0, 0.05) is 12.6 Å². The first-order valence-corrected chi connectivity index (χ1v) is 8.64. The monoisotopic (exact) mass is 300 g/mol. The van der Waals surface area contributed by atoms with Gasteiger partial charge in [-0.15, -0.1) is 0 Å². The summed E-state index contributed by atoms with van der Waals surface area (Å²) in [5.41, 5.74) is 5.55. The molecule has 0 atom stereocenters. The number of nitrogens with one attached hydrogen (secondary N) is 1. The van der Waals surface area contributed by atoms with Gasteiger partial charge in [-0.25, -0.2) is 13.1 Å². The lowest BCUT2D eigenvalue weighted by Crippen LogP contribution is -2.37. The highest BCUT2D eigenvalue weighted by molar-refractivity contribution is 7.89. The first kappa shape index (κ1) is 15.5. The second-order valence-electron chi connectivity index (χ2n) is 6.03. The topological polar surface area (TPSA) is 85.3 Å². The van der Waals surface area contributed by atoms with Crippen LogP contribution in [0.2, 0.25) is 0 Å². The molecule has 0 amide bonds. The molecule has 0 bridgehead atoms. The zero-order valence-electron chi connectivity index (χ0n) is 12.2. The zero-order valence-corrected chi connectivity index (χ0v) is 13.1. The van der Waals surface area contributed by atoms with Gasteiger partial charge in [0.15, 0.2) is 0 Å². The summed E-state index contributed by atoms with van der Waals surface area (Å²) in [5.74, 6) is 0.888. The fraction of sp³-hybridized carbons (Fsp3) is 0.714. The minimum atomic E-state index is -3.52. The molecule has 0 radical (unpaired) electrons. The number of rotatable bonds is 5. The first-order valence-electron chi connectivity index (χ1n) is 7.15. The Morgan fingerprint density at radius 3 is 2.55 bits per heavy atom. The summed E-state index contributed by atoms with van der Waals surface area (Å²) in [7, 11) is -3.52. The van der Waals surface area contributed by atoms with E-state index in [2.05, 4.69) is 11.6 Å². The molecular formula is C14H24N2O3S. The van der Waals surface area contributed by atoms with Crippen LogP contribution in [0.5, 0.6) is 0 Å². The molecule has 0 aliphatic heterocycles. The lowest BCUT2D eigenvalue weighted by Gasteiger charge is -2.33. The van der Waals surface area contributed by atoms with Crippen molar-refractivity contribution in [2.24, 2.45) is 11.1 Å². The number of nitrogens with two attached hydrogens (primary N) is 1. The van der Waals surface area contributed by atoms with Gasteiger partial charge in [0.05, 0.1) is 6.54 Å². The van der Waals surface area contributed by atoms with Crippen LogP contribution >= 0.6 is 0 Å². The van der Waals surface area contributed by atoms with Crippen LogP contribution in [0, 0.1) is 12.3 Å². The highest BCUT2D eigenvalue weighted by atomic mass is 32.2. The third kappa shape index (κ3) is 3.42. The Labute approximate surface area is 121 Å². The molecule has 1 aromatic rings. The number of hydrogen-bond acceptors (Lipinski definition) is 4. The minimum Gasteiger partial charge on any atom is -0.464 e. The predicted octanol–water partition coefficient (Wildman–Crippen LogP) is 2.30. The molecule has 6 heteroatoms. The molecule has 0 unspecified atom stereocenters. The summed E-state index contributed by atoms with van der Waals surface area (Å²) in [4.78, 5) is 0.206. The maximum Gasteiger partial charge on any atom is 0.244 e. The summed E-state index contributed by atoms with van der Waals surface area (Å²) in [6, 6.07) is 1.51. The molecule has 1 aliphatic carbocycles. The predicted molar refractivity (Wildman–Crippen MR) is 77.7 cm³/mol. The molecule has 1 aromatic heterocycles. The second-order valence-corrected chi connectivity index (χ2v) is 7.77. The Kier molecular flexibility index (Phi) is 4.56. The number of furan rings is 1. The molecule has 0 aromatic carbocycles. The van der Waals surface area contributed by atoms with E-state index in [-0.39, 0.29) is 16.9 Å². The number of sulfonamides is 1. The molecule has 114 valence electrons. The van der Waals surface area contributed by atoms with Gasteiger partial charge in [-0.2, -0.15) is 0 Å². The number of aryl methyl sites for hydroxylation is 1. The maximum absolute atomic E-state index is 12.4. The molecule has 1 aliphatic rings. The van der Waals surface area contributed by atoms with Gasteiger partial charge in [-0.1, -0.05) is 26.2 Å². The van der Waals surface area contributed by atoms with Gasteiger partial charge in [-0.3, -0.25) is 0 Å². The Hall–Kier alpha value is -0.850. The fourth-order valence-electron chi connectivity index (χ4n) is 2.82. The number of hydrogen-bond donors (Lipinski definition) is 2. The highest BCUT2D eigenvalue weighted by Gasteiger charge is 2.30. The molecule has 1 fully saturated rings. The van der Waals surface area contributed by atoms with Gasteiger partial charge in [0.25, 0.3) is 0 Å². The quantitative estimate of drug-likeness (QED) is 0.873. The van der Waals surface area contributed by atoms with Crippen molar-refractivity contribution in [3.05, 3.63) is 17.6 Å². The Morgan fingerprint density at radius 2 is 2.00 bits per heavy atom. The Morgan fingerprint density at radius 1 is 1.35 bits per heavy atom. The largest absolute Gasteiger partial charge is 0.464 e. The van der Waals surface area contributed by atoms with Gasteiger partial charge < -0.3 is 10.2 Å². The Balaban J connectivity index is 2.08. The standard InChI is InChI=1S/C14H24N2O3S/c1-11-13(8-12(9-15)19-11)20(17,18)16-10-14(2)6-4-3-5-7-14/h8,16H,3-7,9-10,15H2,1-2H3. The SMILES string of the molecule is Cc1oc(CN)cc1S(=O)(=O)NCC1(C)CCCCC1. The summed E-state index contributed by atoms with van der Waals surface area (Å²) in [5, 5.41) is 0. The van der Waals surface area contributed by atoms with E-state index in [9.17, 15) is 8.42 Å². The van der Waals surface area contributed by atoms with Crippen LogP contribution in [0.25, 0.3) is 0 Å². The average molecular weight is 300 g/mol. The van der Waals surface area contributed by atoms with E-state index in [0.717, 1.165) is 12.8 Å². The molecule has 0 saturated heterocycles. The van der Waals surface area contributed by atoms with Crippen LogP contribution in [0.1, 0.15) is 50.5 Å². The van der Waals surface area contributed by atoms with E-state index in [1.165, 1.54) is 25.3 Å². The van der Waals surface area contributed by atoms with E-state index in [1.807, 2.05) is 0 Å². The van der Waals surface area contributed by atoms with Crippen molar-refractivity contribution in [2.75, 3.05) is 6.54 Å². The fourth-order valence-corrected chi connectivity index (χ4v) is 4.22. The Bertz CT molecular complexity index is 557. The third-order valence-electron chi connectivity index (χ3n) is 4.16. The van der Waals surface area contributed by atoms with E-state index >= 15 is 0 Å². The van der Waals surface area contributed by atoms with E-state index < -0.39 is 10.0 Å². The molecule has 2 rings (SSSR count). The smallest absolute Gasteiger partial charge is 0.244 e. The molecular weight excluding hydrogens is 276 g/mol. The van der Waals surface area contributed by atoms with Crippen molar-refractivity contribution in [3.63, 3.8) is 0 Å². The van der Waals surface area contributed by atoms with Crippen molar-refractivity contribution >= 4 is 10.0 Å². The van der Waals surface area contributed by atoms with E-state index in [4.69, 9.17) is 10.2 Å². The van der Waals surface area contributed by atoms with Crippen molar-refractivity contribution < 1.29 is 12.8 Å². The normalized spacial score (nSPS) is 19.1. The lowest BCUT2D eigenvalue weighted by atomic mass is 9.76. The molecule has 20 heavy (non-hydrogen) atoms. The third-order valence-corrected chi connectivity index (χ3v) is 5.67. The van der Waals surface area contributed by atoms with Crippen LogP contribution in [0.3, 0.4) is 0 Å². The minimum absolute atomic E-state index is 0.0691. The molecule has 1 saturated carbocycles. The van der Waals surface area contributed by atoms with Crippen LogP contribution < -0.4 is 10.5 Å². The average Bonchev–Trinajstić information content (AvgIpc) is 2.80. The van der Waals surface area contributed by atoms with Crippen molar-refractivity contribution in [2.45, 2.75) is 57.4 Å². The lowest BCUT2D eigenvalue weighted by molar-refractivity contribution is 0.219. The van der Waals surface area contributed by atoms with Crippen LogP contribution in [0.15, 0.2) is 15.4 Å².